The predicted octanol–water partition coefficient (Wildman–Crippen LogP) is 18.6. The van der Waals surface area contributed by atoms with Gasteiger partial charge in [0.05, 0.1) is 27.7 Å². The van der Waals surface area contributed by atoms with Crippen molar-refractivity contribution < 1.29 is 42.1 Å². The lowest BCUT2D eigenvalue weighted by Gasteiger charge is -2.28. The number of hydrogen-bond donors (Lipinski definition) is 0. The number of allylic oxidation sites excluding steroid dienone is 16. The molecule has 0 rings (SSSR count). The quantitative estimate of drug-likeness (QED) is 0.0195. The number of hydrogen-bond acceptors (Lipinski definition) is 8. The van der Waals surface area contributed by atoms with Crippen LogP contribution >= 0.6 is 7.82 Å². The van der Waals surface area contributed by atoms with Gasteiger partial charge in [-0.25, -0.2) is 0 Å². The van der Waals surface area contributed by atoms with Crippen LogP contribution in [0.5, 0.6) is 0 Å². The Morgan fingerprint density at radius 2 is 0.760 bits per heavy atom. The molecule has 0 aliphatic heterocycles. The molecule has 0 amide bonds. The highest BCUT2D eigenvalue weighted by Gasteiger charge is 2.22. The molecule has 0 radical (unpaired) electrons. The standard InChI is InChI=1S/C65H114NO8P/c1-6-8-10-12-14-16-18-20-21-22-23-24-25-26-27-28-29-30-31-32-33-34-35-36-37-38-39-40-41-42-43-44-45-46-48-50-52-54-56-58-65(68)74-63(62-73-75(69,70)72-60-59-66(3,4)5)61-71-64(67)57-55-53-51-49-47-19-17-15-13-11-9-7-2/h8,10,14-17,20-21,23-24,26-27,29-30,32-33,63H,6-7,9,11-13,18-19,22,25,28,31,34-62H2,1-5H3/b10-8-,16-14-,17-15-,21-20-,24-23-,27-26-,30-29-,33-32-. The van der Waals surface area contributed by atoms with Crippen LogP contribution in [0.3, 0.4) is 0 Å². The third-order valence-corrected chi connectivity index (χ3v) is 13.8. The summed E-state index contributed by atoms with van der Waals surface area (Å²) >= 11 is 0. The van der Waals surface area contributed by atoms with Crippen molar-refractivity contribution in [2.75, 3.05) is 47.5 Å². The number of unbranched alkanes of at least 4 members (excludes halogenated alkanes) is 25. The fourth-order valence-electron chi connectivity index (χ4n) is 8.16. The van der Waals surface area contributed by atoms with Crippen molar-refractivity contribution in [3.63, 3.8) is 0 Å². The Morgan fingerprint density at radius 3 is 1.15 bits per heavy atom. The van der Waals surface area contributed by atoms with E-state index in [4.69, 9.17) is 18.5 Å². The summed E-state index contributed by atoms with van der Waals surface area (Å²) in [6.07, 6.45) is 76.2. The van der Waals surface area contributed by atoms with Gasteiger partial charge < -0.3 is 27.9 Å². The van der Waals surface area contributed by atoms with Gasteiger partial charge in [-0.3, -0.25) is 14.2 Å². The first-order valence-electron chi connectivity index (χ1n) is 30.4. The van der Waals surface area contributed by atoms with E-state index in [1.807, 2.05) is 21.1 Å². The Kier molecular flexibility index (Phi) is 53.4. The first-order valence-corrected chi connectivity index (χ1v) is 31.9. The summed E-state index contributed by atoms with van der Waals surface area (Å²) in [5.74, 6) is -0.842. The molecule has 0 aromatic rings. The molecule has 0 N–H and O–H groups in total. The Bertz CT molecular complexity index is 1590. The molecule has 0 spiro atoms. The average molecular weight is 1070 g/mol. The number of carbonyl (C=O) groups is 2. The Labute approximate surface area is 462 Å². The number of carbonyl (C=O) groups excluding carboxylic acids is 2. The number of esters is 2. The largest absolute Gasteiger partial charge is 0.756 e. The van der Waals surface area contributed by atoms with Crippen LogP contribution in [0.1, 0.15) is 251 Å². The minimum absolute atomic E-state index is 0.0339. The van der Waals surface area contributed by atoms with Crippen LogP contribution in [0.2, 0.25) is 0 Å². The first-order chi connectivity index (χ1) is 36.5. The lowest BCUT2D eigenvalue weighted by Crippen LogP contribution is -2.37. The Hall–Kier alpha value is -3.07. The Morgan fingerprint density at radius 1 is 0.427 bits per heavy atom. The fraction of sp³-hybridized carbons (Fsp3) is 0.723. The van der Waals surface area contributed by atoms with E-state index >= 15 is 0 Å². The molecule has 0 aliphatic rings. The maximum Gasteiger partial charge on any atom is 0.306 e. The van der Waals surface area contributed by atoms with Gasteiger partial charge in [0, 0.05) is 12.8 Å². The van der Waals surface area contributed by atoms with Gasteiger partial charge in [-0.2, -0.15) is 0 Å². The third kappa shape index (κ3) is 60.0. The van der Waals surface area contributed by atoms with Gasteiger partial charge in [0.2, 0.25) is 0 Å². The summed E-state index contributed by atoms with van der Waals surface area (Å²) < 4.78 is 34.1. The van der Waals surface area contributed by atoms with Gasteiger partial charge in [-0.05, 0) is 96.3 Å². The molecule has 2 unspecified atom stereocenters. The van der Waals surface area contributed by atoms with Crippen molar-refractivity contribution in [2.45, 2.75) is 258 Å². The van der Waals surface area contributed by atoms with Gasteiger partial charge in [0.15, 0.2) is 6.10 Å². The predicted molar refractivity (Wildman–Crippen MR) is 319 cm³/mol. The summed E-state index contributed by atoms with van der Waals surface area (Å²) in [6, 6.07) is 0. The van der Waals surface area contributed by atoms with Crippen LogP contribution < -0.4 is 4.89 Å². The zero-order valence-corrected chi connectivity index (χ0v) is 49.9. The van der Waals surface area contributed by atoms with E-state index < -0.39 is 32.5 Å². The van der Waals surface area contributed by atoms with Crippen LogP contribution in [0.15, 0.2) is 97.2 Å². The van der Waals surface area contributed by atoms with Gasteiger partial charge in [0.1, 0.15) is 19.8 Å². The molecule has 9 nitrogen and oxygen atoms in total. The van der Waals surface area contributed by atoms with Crippen molar-refractivity contribution in [2.24, 2.45) is 0 Å². The maximum absolute atomic E-state index is 12.8. The highest BCUT2D eigenvalue weighted by Crippen LogP contribution is 2.38. The van der Waals surface area contributed by atoms with E-state index in [1.165, 1.54) is 116 Å². The van der Waals surface area contributed by atoms with Crippen molar-refractivity contribution in [1.29, 1.82) is 0 Å². The third-order valence-electron chi connectivity index (χ3n) is 12.8. The van der Waals surface area contributed by atoms with Crippen molar-refractivity contribution in [3.05, 3.63) is 97.2 Å². The van der Waals surface area contributed by atoms with Crippen LogP contribution in [0, 0.1) is 0 Å². The molecule has 75 heavy (non-hydrogen) atoms. The lowest BCUT2D eigenvalue weighted by molar-refractivity contribution is -0.870. The Balaban J connectivity index is 3.96. The highest BCUT2D eigenvalue weighted by atomic mass is 31.2. The van der Waals surface area contributed by atoms with E-state index in [2.05, 4.69) is 111 Å². The van der Waals surface area contributed by atoms with Crippen LogP contribution in [-0.2, 0) is 32.7 Å². The summed E-state index contributed by atoms with van der Waals surface area (Å²) in [6.45, 7) is 4.09. The summed E-state index contributed by atoms with van der Waals surface area (Å²) in [5.41, 5.74) is 0. The van der Waals surface area contributed by atoms with Crippen molar-refractivity contribution in [3.8, 4) is 0 Å². The number of quaternary nitrogens is 1. The zero-order valence-electron chi connectivity index (χ0n) is 49.0. The van der Waals surface area contributed by atoms with Gasteiger partial charge in [-0.15, -0.1) is 0 Å². The number of phosphoric ester groups is 1. The molecule has 432 valence electrons. The smallest absolute Gasteiger partial charge is 0.306 e. The average Bonchev–Trinajstić information content (AvgIpc) is 3.37. The minimum Gasteiger partial charge on any atom is -0.756 e. The number of ether oxygens (including phenoxy) is 2. The van der Waals surface area contributed by atoms with Crippen molar-refractivity contribution >= 4 is 19.8 Å². The minimum atomic E-state index is -4.64. The van der Waals surface area contributed by atoms with E-state index in [0.717, 1.165) is 103 Å². The molecular weight excluding hydrogens is 954 g/mol. The van der Waals surface area contributed by atoms with Crippen LogP contribution in [0.4, 0.5) is 0 Å². The molecular formula is C65H114NO8P. The first kappa shape index (κ1) is 71.9. The van der Waals surface area contributed by atoms with E-state index in [1.54, 1.807) is 0 Å². The summed E-state index contributed by atoms with van der Waals surface area (Å²) in [4.78, 5) is 37.8. The van der Waals surface area contributed by atoms with Gasteiger partial charge in [0.25, 0.3) is 7.82 Å². The van der Waals surface area contributed by atoms with Crippen LogP contribution in [0.25, 0.3) is 0 Å². The van der Waals surface area contributed by atoms with E-state index in [0.29, 0.717) is 17.4 Å². The second-order valence-corrected chi connectivity index (χ2v) is 22.7. The molecule has 0 saturated carbocycles. The number of rotatable bonds is 55. The van der Waals surface area contributed by atoms with E-state index in [-0.39, 0.29) is 26.1 Å². The molecule has 0 bridgehead atoms. The second-order valence-electron chi connectivity index (χ2n) is 21.3. The number of phosphoric acid groups is 1. The SMILES string of the molecule is CC/C=C\C/C=C\C/C=C\C/C=C\C/C=C\C/C=C\C/C=C\CCCCCCCCCCCCCCCCCCCC(=O)OC(COC(=O)CCCCCCC/C=C\CCCCC)COP(=O)([O-])OCC[N+](C)(C)C. The maximum atomic E-state index is 12.8. The van der Waals surface area contributed by atoms with Gasteiger partial charge in [-0.1, -0.05) is 239 Å². The summed E-state index contributed by atoms with van der Waals surface area (Å²) in [7, 11) is 1.16. The molecule has 10 heteroatoms. The monoisotopic (exact) mass is 1070 g/mol. The molecule has 0 heterocycles. The lowest BCUT2D eigenvalue weighted by atomic mass is 10.0. The highest BCUT2D eigenvalue weighted by molar-refractivity contribution is 7.45. The second kappa shape index (κ2) is 55.7. The van der Waals surface area contributed by atoms with Crippen LogP contribution in [-0.4, -0.2) is 70.0 Å². The topological polar surface area (TPSA) is 111 Å². The fourth-order valence-corrected chi connectivity index (χ4v) is 8.89. The molecule has 0 saturated heterocycles. The molecule has 0 fully saturated rings. The number of nitrogens with zero attached hydrogens (tertiary/aromatic N) is 1. The molecule has 0 aliphatic carbocycles. The molecule has 2 atom stereocenters. The van der Waals surface area contributed by atoms with E-state index in [9.17, 15) is 19.0 Å². The molecule has 0 aromatic heterocycles. The number of likely N-dealkylation sites (N-methyl/N-ethyl adjacent to an activating group) is 1. The summed E-state index contributed by atoms with van der Waals surface area (Å²) in [5, 5.41) is 0. The van der Waals surface area contributed by atoms with Gasteiger partial charge >= 0.3 is 11.9 Å². The molecule has 0 aromatic carbocycles. The zero-order chi connectivity index (χ0) is 54.9. The van der Waals surface area contributed by atoms with Crippen molar-refractivity contribution in [1.82, 2.24) is 0 Å². The normalized spacial score (nSPS) is 13.9.